The van der Waals surface area contributed by atoms with E-state index in [-0.39, 0.29) is 24.1 Å². The number of nitrogens with zero attached hydrogens (tertiary/aromatic N) is 4. The second-order valence-corrected chi connectivity index (χ2v) is 9.44. The molecule has 4 aromatic rings. The minimum Gasteiger partial charge on any atom is -0.389 e. The minimum atomic E-state index is -0.789. The molecule has 5 rings (SSSR count). The van der Waals surface area contributed by atoms with Crippen LogP contribution in [0.4, 0.5) is 0 Å². The molecule has 34 heavy (non-hydrogen) atoms. The predicted molar refractivity (Wildman–Crippen MR) is 129 cm³/mol. The lowest BCUT2D eigenvalue weighted by Crippen LogP contribution is -2.38. The quantitative estimate of drug-likeness (QED) is 0.469. The Hall–Kier alpha value is -3.34. The van der Waals surface area contributed by atoms with Gasteiger partial charge in [0.05, 0.1) is 23.0 Å². The Balaban J connectivity index is 1.77. The summed E-state index contributed by atoms with van der Waals surface area (Å²) in [7, 11) is 1.42. The molecule has 0 bridgehead atoms. The molecule has 0 spiro atoms. The molecule has 1 aliphatic heterocycles. The number of aliphatic hydroxyl groups is 1. The molecule has 9 nitrogen and oxygen atoms in total. The molecule has 0 unspecified atom stereocenters. The fourth-order valence-corrected chi connectivity index (χ4v) is 5.69. The summed E-state index contributed by atoms with van der Waals surface area (Å²) in [6, 6.07) is 9.63. The fraction of sp³-hybridized carbons (Fsp3) is 0.333. The molecule has 4 heterocycles. The van der Waals surface area contributed by atoms with Crippen LogP contribution in [-0.4, -0.2) is 49.5 Å². The van der Waals surface area contributed by atoms with Crippen molar-refractivity contribution in [1.82, 2.24) is 19.2 Å². The van der Waals surface area contributed by atoms with E-state index in [9.17, 15) is 19.5 Å². The number of aryl methyl sites for hydroxylation is 1. The van der Waals surface area contributed by atoms with Gasteiger partial charge in [0.1, 0.15) is 17.5 Å². The van der Waals surface area contributed by atoms with E-state index in [1.54, 1.807) is 10.8 Å². The van der Waals surface area contributed by atoms with Gasteiger partial charge in [0.2, 0.25) is 0 Å². The number of fused-ring (bicyclic) bond motifs is 2. The summed E-state index contributed by atoms with van der Waals surface area (Å²) in [4.78, 5) is 50.7. The van der Waals surface area contributed by atoms with Gasteiger partial charge < -0.3 is 5.11 Å². The Morgan fingerprint density at radius 2 is 2.06 bits per heavy atom. The van der Waals surface area contributed by atoms with Crippen LogP contribution in [0.3, 0.4) is 0 Å². The highest BCUT2D eigenvalue weighted by atomic mass is 32.1. The van der Waals surface area contributed by atoms with Gasteiger partial charge in [-0.3, -0.25) is 28.5 Å². The van der Waals surface area contributed by atoms with Crippen molar-refractivity contribution in [3.8, 4) is 0 Å². The van der Waals surface area contributed by atoms with Crippen LogP contribution in [0.25, 0.3) is 21.1 Å². The Bertz CT molecular complexity index is 1530. The normalized spacial score (nSPS) is 16.1. The van der Waals surface area contributed by atoms with Crippen LogP contribution in [0.5, 0.6) is 0 Å². The van der Waals surface area contributed by atoms with E-state index in [0.29, 0.717) is 29.1 Å². The number of aliphatic hydroxyl groups excluding tert-OH is 1. The summed E-state index contributed by atoms with van der Waals surface area (Å²) in [6.45, 7) is 2.40. The molecule has 1 aromatic carbocycles. The number of aromatic nitrogens is 3. The van der Waals surface area contributed by atoms with Crippen molar-refractivity contribution in [2.45, 2.75) is 32.4 Å². The maximum Gasteiger partial charge on any atom is 0.331 e. The van der Waals surface area contributed by atoms with Gasteiger partial charge in [-0.25, -0.2) is 9.86 Å². The van der Waals surface area contributed by atoms with E-state index in [0.717, 1.165) is 26.1 Å². The average molecular weight is 481 g/mol. The molecule has 1 aliphatic rings. The predicted octanol–water partition coefficient (Wildman–Crippen LogP) is 2.06. The molecule has 0 saturated carbocycles. The number of carbonyl (C=O) groups excluding carboxylic acids is 1. The number of amides is 1. The molecule has 1 fully saturated rings. The SMILES string of the molecule is CCCn1c(=O)n(C)c(=O)c2c(C(=O)N3C[C@H](O)CO3)c(Cc3ccnc4ccccc34)sc21. The van der Waals surface area contributed by atoms with Crippen molar-refractivity contribution in [1.29, 1.82) is 0 Å². The summed E-state index contributed by atoms with van der Waals surface area (Å²) in [5.74, 6) is -0.491. The number of carbonyl (C=O) groups is 1. The van der Waals surface area contributed by atoms with E-state index in [1.807, 2.05) is 37.3 Å². The third-order valence-corrected chi connectivity index (χ3v) is 7.23. The van der Waals surface area contributed by atoms with Crippen LogP contribution in [0.1, 0.15) is 34.1 Å². The van der Waals surface area contributed by atoms with E-state index < -0.39 is 23.3 Å². The third kappa shape index (κ3) is 3.64. The summed E-state index contributed by atoms with van der Waals surface area (Å²) in [5, 5.41) is 12.2. The van der Waals surface area contributed by atoms with Crippen molar-refractivity contribution in [2.24, 2.45) is 7.05 Å². The average Bonchev–Trinajstić information content (AvgIpc) is 3.44. The molecule has 0 radical (unpaired) electrons. The zero-order chi connectivity index (χ0) is 24.0. The number of rotatable bonds is 5. The number of thiophene rings is 1. The van der Waals surface area contributed by atoms with Gasteiger partial charge >= 0.3 is 5.69 Å². The number of pyridine rings is 1. The summed E-state index contributed by atoms with van der Waals surface area (Å²) >= 11 is 1.28. The van der Waals surface area contributed by atoms with Gasteiger partial charge in [-0.2, -0.15) is 0 Å². The van der Waals surface area contributed by atoms with E-state index in [4.69, 9.17) is 4.84 Å². The second-order valence-electron chi connectivity index (χ2n) is 8.36. The highest BCUT2D eigenvalue weighted by molar-refractivity contribution is 7.19. The van der Waals surface area contributed by atoms with Gasteiger partial charge in [-0.15, -0.1) is 11.3 Å². The van der Waals surface area contributed by atoms with E-state index in [2.05, 4.69) is 4.98 Å². The highest BCUT2D eigenvalue weighted by Crippen LogP contribution is 2.33. The Labute approximate surface area is 198 Å². The minimum absolute atomic E-state index is 0.0106. The lowest BCUT2D eigenvalue weighted by Gasteiger charge is -2.15. The fourth-order valence-electron chi connectivity index (χ4n) is 4.37. The van der Waals surface area contributed by atoms with Gasteiger partial charge in [0.15, 0.2) is 0 Å². The van der Waals surface area contributed by atoms with Gasteiger partial charge in [-0.05, 0) is 24.1 Å². The number of benzene rings is 1. The molecule has 1 N–H and O–H groups in total. The van der Waals surface area contributed by atoms with Crippen molar-refractivity contribution < 1.29 is 14.7 Å². The Kier molecular flexibility index (Phi) is 5.80. The van der Waals surface area contributed by atoms with Gasteiger partial charge in [-0.1, -0.05) is 25.1 Å². The number of β-amino-alcohol motifs (C(OH)–C–C–N with tert-alkyl or cyclic N) is 1. The van der Waals surface area contributed by atoms with E-state index >= 15 is 0 Å². The first-order valence-corrected chi connectivity index (χ1v) is 11.9. The second kappa shape index (κ2) is 8.79. The summed E-state index contributed by atoms with van der Waals surface area (Å²) in [6.07, 6.45) is 2.00. The molecule has 0 aliphatic carbocycles. The lowest BCUT2D eigenvalue weighted by atomic mass is 10.0. The van der Waals surface area contributed by atoms with Crippen LogP contribution in [0.2, 0.25) is 0 Å². The molecule has 3 aromatic heterocycles. The topological polar surface area (TPSA) is 107 Å². The monoisotopic (exact) mass is 480 g/mol. The van der Waals surface area contributed by atoms with Crippen LogP contribution < -0.4 is 11.2 Å². The first-order chi connectivity index (χ1) is 16.4. The lowest BCUT2D eigenvalue weighted by molar-refractivity contribution is -0.0778. The summed E-state index contributed by atoms with van der Waals surface area (Å²) < 4.78 is 2.61. The first-order valence-electron chi connectivity index (χ1n) is 11.1. The largest absolute Gasteiger partial charge is 0.389 e. The Morgan fingerprint density at radius 1 is 1.26 bits per heavy atom. The Morgan fingerprint density at radius 3 is 2.79 bits per heavy atom. The third-order valence-electron chi connectivity index (χ3n) is 6.02. The van der Waals surface area contributed by atoms with Crippen LogP contribution in [-0.2, 0) is 24.9 Å². The van der Waals surface area contributed by atoms with Crippen LogP contribution in [0.15, 0.2) is 46.1 Å². The molecule has 1 amide bonds. The van der Waals surface area contributed by atoms with E-state index in [1.165, 1.54) is 18.4 Å². The summed E-state index contributed by atoms with van der Waals surface area (Å²) in [5.41, 5.74) is 1.08. The maximum absolute atomic E-state index is 13.6. The first kappa shape index (κ1) is 22.5. The molecular weight excluding hydrogens is 456 g/mol. The van der Waals surface area contributed by atoms with Crippen molar-refractivity contribution in [2.75, 3.05) is 13.2 Å². The van der Waals surface area contributed by atoms with Crippen molar-refractivity contribution in [3.05, 3.63) is 73.4 Å². The molecule has 1 saturated heterocycles. The zero-order valence-electron chi connectivity index (χ0n) is 18.9. The maximum atomic E-state index is 13.6. The number of para-hydroxylation sites is 1. The molecule has 176 valence electrons. The number of hydrogen-bond acceptors (Lipinski definition) is 7. The highest BCUT2D eigenvalue weighted by Gasteiger charge is 2.33. The molecule has 1 atom stereocenters. The van der Waals surface area contributed by atoms with Crippen molar-refractivity contribution >= 4 is 38.4 Å². The van der Waals surface area contributed by atoms with Gasteiger partial charge in [0.25, 0.3) is 11.5 Å². The van der Waals surface area contributed by atoms with Crippen LogP contribution >= 0.6 is 11.3 Å². The zero-order valence-corrected chi connectivity index (χ0v) is 19.7. The van der Waals surface area contributed by atoms with Crippen LogP contribution in [0, 0.1) is 0 Å². The number of hydrogen-bond donors (Lipinski definition) is 1. The number of hydroxylamine groups is 2. The standard InChI is InChI=1S/C24H24N4O5S/c1-3-10-27-23-20(21(30)26(2)24(27)32)19(22(31)28-12-15(29)13-33-28)18(34-23)11-14-8-9-25-17-7-5-4-6-16(14)17/h4-9,15,29H,3,10-13H2,1-2H3/t15-/m0/s1. The smallest absolute Gasteiger partial charge is 0.331 e. The van der Waals surface area contributed by atoms with Crippen molar-refractivity contribution in [3.63, 3.8) is 0 Å². The molecular formula is C24H24N4O5S. The van der Waals surface area contributed by atoms with Gasteiger partial charge in [0, 0.05) is 36.5 Å². The molecule has 10 heteroatoms.